The summed E-state index contributed by atoms with van der Waals surface area (Å²) < 4.78 is 5.09. The predicted octanol–water partition coefficient (Wildman–Crippen LogP) is 2.35. The fourth-order valence-electron chi connectivity index (χ4n) is 1.64. The van der Waals surface area contributed by atoms with Crippen molar-refractivity contribution in [2.24, 2.45) is 0 Å². The van der Waals surface area contributed by atoms with E-state index in [9.17, 15) is 9.59 Å². The van der Waals surface area contributed by atoms with Crippen molar-refractivity contribution >= 4 is 11.6 Å². The Morgan fingerprint density at radius 3 is 2.50 bits per heavy atom. The third-order valence-electron chi connectivity index (χ3n) is 2.48. The largest absolute Gasteiger partial charge is 0.497 e. The monoisotopic (exact) mass is 220 g/mol. The highest BCUT2D eigenvalue weighted by Gasteiger charge is 2.18. The number of rotatable bonds is 5. The lowest BCUT2D eigenvalue weighted by Gasteiger charge is -2.13. The molecule has 3 heteroatoms. The van der Waals surface area contributed by atoms with Gasteiger partial charge in [0.1, 0.15) is 17.3 Å². The van der Waals surface area contributed by atoms with Gasteiger partial charge in [0.15, 0.2) is 0 Å². The number of ketones is 2. The lowest BCUT2D eigenvalue weighted by atomic mass is 9.91. The molecule has 0 spiro atoms. The van der Waals surface area contributed by atoms with Gasteiger partial charge in [0, 0.05) is 12.3 Å². The zero-order valence-corrected chi connectivity index (χ0v) is 9.82. The maximum atomic E-state index is 11.5. The minimum atomic E-state index is -0.354. The molecule has 0 heterocycles. The van der Waals surface area contributed by atoms with Crippen molar-refractivity contribution in [2.45, 2.75) is 26.2 Å². The van der Waals surface area contributed by atoms with Crippen LogP contribution in [0.3, 0.4) is 0 Å². The lowest BCUT2D eigenvalue weighted by Crippen LogP contribution is -2.12. The first-order valence-corrected chi connectivity index (χ1v) is 5.18. The quantitative estimate of drug-likeness (QED) is 0.765. The lowest BCUT2D eigenvalue weighted by molar-refractivity contribution is -0.123. The Balaban J connectivity index is 3.00. The van der Waals surface area contributed by atoms with E-state index < -0.39 is 0 Å². The maximum absolute atomic E-state index is 11.5. The van der Waals surface area contributed by atoms with Crippen molar-refractivity contribution in [3.05, 3.63) is 29.8 Å². The maximum Gasteiger partial charge on any atom is 0.137 e. The van der Waals surface area contributed by atoms with Gasteiger partial charge >= 0.3 is 0 Å². The van der Waals surface area contributed by atoms with Crippen molar-refractivity contribution in [1.82, 2.24) is 0 Å². The molecule has 0 aliphatic carbocycles. The minimum absolute atomic E-state index is 0.00320. The van der Waals surface area contributed by atoms with Gasteiger partial charge in [0.2, 0.25) is 0 Å². The van der Waals surface area contributed by atoms with E-state index in [2.05, 4.69) is 0 Å². The first-order valence-electron chi connectivity index (χ1n) is 5.18. The molecule has 1 aromatic carbocycles. The molecule has 0 amide bonds. The third-order valence-corrected chi connectivity index (χ3v) is 2.48. The average Bonchev–Trinajstić information content (AvgIpc) is 2.25. The van der Waals surface area contributed by atoms with E-state index in [-0.39, 0.29) is 23.9 Å². The molecule has 0 aromatic heterocycles. The second-order valence-electron chi connectivity index (χ2n) is 3.85. The minimum Gasteiger partial charge on any atom is -0.497 e. The Hall–Kier alpha value is -1.64. The SMILES string of the molecule is COc1cccc(C(CC(C)=O)C(C)=O)c1. The molecule has 3 nitrogen and oxygen atoms in total. The molecule has 0 fully saturated rings. The Morgan fingerprint density at radius 2 is 2.00 bits per heavy atom. The van der Waals surface area contributed by atoms with Gasteiger partial charge in [0.05, 0.1) is 7.11 Å². The molecule has 0 N–H and O–H groups in total. The Labute approximate surface area is 95.4 Å². The van der Waals surface area contributed by atoms with Crippen LogP contribution >= 0.6 is 0 Å². The highest BCUT2D eigenvalue weighted by Crippen LogP contribution is 2.24. The molecule has 86 valence electrons. The van der Waals surface area contributed by atoms with Gasteiger partial charge in [-0.3, -0.25) is 9.59 Å². The van der Waals surface area contributed by atoms with E-state index in [0.717, 1.165) is 5.56 Å². The summed E-state index contributed by atoms with van der Waals surface area (Å²) in [6.07, 6.45) is 0.252. The summed E-state index contributed by atoms with van der Waals surface area (Å²) in [5.41, 5.74) is 0.835. The number of Topliss-reactive ketones (excluding diaryl/α,β-unsaturated/α-hetero) is 2. The molecule has 1 rings (SSSR count). The molecule has 0 saturated heterocycles. The summed E-state index contributed by atoms with van der Waals surface area (Å²) in [6, 6.07) is 7.28. The standard InChI is InChI=1S/C13H16O3/c1-9(14)7-13(10(2)15)11-5-4-6-12(8-11)16-3/h4-6,8,13H,7H2,1-3H3. The first kappa shape index (κ1) is 12.4. The zero-order valence-electron chi connectivity index (χ0n) is 9.82. The Kier molecular flexibility index (Phi) is 4.23. The fourth-order valence-corrected chi connectivity index (χ4v) is 1.64. The van der Waals surface area contributed by atoms with Gasteiger partial charge in [-0.1, -0.05) is 12.1 Å². The summed E-state index contributed by atoms with van der Waals surface area (Å²) in [5.74, 6) is 0.367. The second kappa shape index (κ2) is 5.45. The van der Waals surface area contributed by atoms with Gasteiger partial charge in [0.25, 0.3) is 0 Å². The van der Waals surface area contributed by atoms with Crippen LogP contribution in [0.2, 0.25) is 0 Å². The van der Waals surface area contributed by atoms with Crippen molar-refractivity contribution in [3.63, 3.8) is 0 Å². The van der Waals surface area contributed by atoms with Crippen LogP contribution in [0.4, 0.5) is 0 Å². The first-order chi connectivity index (χ1) is 7.54. The van der Waals surface area contributed by atoms with Gasteiger partial charge in [-0.2, -0.15) is 0 Å². The molecule has 0 radical (unpaired) electrons. The molecule has 0 aliphatic rings. The van der Waals surface area contributed by atoms with Crippen molar-refractivity contribution in [1.29, 1.82) is 0 Å². The van der Waals surface area contributed by atoms with Crippen LogP contribution in [-0.4, -0.2) is 18.7 Å². The van der Waals surface area contributed by atoms with Crippen LogP contribution in [0.15, 0.2) is 24.3 Å². The van der Waals surface area contributed by atoms with E-state index in [1.54, 1.807) is 13.2 Å². The summed E-state index contributed by atoms with van der Waals surface area (Å²) in [6.45, 7) is 3.00. The van der Waals surface area contributed by atoms with Crippen molar-refractivity contribution in [2.75, 3.05) is 7.11 Å². The van der Waals surface area contributed by atoms with Gasteiger partial charge in [-0.25, -0.2) is 0 Å². The van der Waals surface area contributed by atoms with Crippen molar-refractivity contribution < 1.29 is 14.3 Å². The number of benzene rings is 1. The summed E-state index contributed by atoms with van der Waals surface area (Å²) in [5, 5.41) is 0. The number of carbonyl (C=O) groups is 2. The zero-order chi connectivity index (χ0) is 12.1. The normalized spacial score (nSPS) is 11.9. The van der Waals surface area contributed by atoms with E-state index in [4.69, 9.17) is 4.74 Å². The summed E-state index contributed by atoms with van der Waals surface area (Å²) >= 11 is 0. The van der Waals surface area contributed by atoms with Gasteiger partial charge in [-0.15, -0.1) is 0 Å². The predicted molar refractivity (Wildman–Crippen MR) is 61.7 cm³/mol. The third kappa shape index (κ3) is 3.19. The van der Waals surface area contributed by atoms with Crippen LogP contribution in [0.5, 0.6) is 5.75 Å². The van der Waals surface area contributed by atoms with E-state index in [1.165, 1.54) is 13.8 Å². The molecule has 0 saturated carbocycles. The van der Waals surface area contributed by atoms with Crippen LogP contribution in [0.1, 0.15) is 31.7 Å². The summed E-state index contributed by atoms with van der Waals surface area (Å²) in [7, 11) is 1.58. The average molecular weight is 220 g/mol. The smallest absolute Gasteiger partial charge is 0.137 e. The molecule has 0 aliphatic heterocycles. The van der Waals surface area contributed by atoms with Crippen LogP contribution in [0.25, 0.3) is 0 Å². The van der Waals surface area contributed by atoms with Gasteiger partial charge in [-0.05, 0) is 31.5 Å². The molecule has 0 bridgehead atoms. The number of ether oxygens (including phenoxy) is 1. The van der Waals surface area contributed by atoms with Crippen LogP contribution < -0.4 is 4.74 Å². The molecule has 16 heavy (non-hydrogen) atoms. The molecule has 1 unspecified atom stereocenters. The number of hydrogen-bond donors (Lipinski definition) is 0. The van der Waals surface area contributed by atoms with E-state index in [0.29, 0.717) is 5.75 Å². The molecule has 1 aromatic rings. The number of methoxy groups -OCH3 is 1. The van der Waals surface area contributed by atoms with E-state index >= 15 is 0 Å². The highest BCUT2D eigenvalue weighted by atomic mass is 16.5. The molecular weight excluding hydrogens is 204 g/mol. The van der Waals surface area contributed by atoms with Crippen LogP contribution in [-0.2, 0) is 9.59 Å². The highest BCUT2D eigenvalue weighted by molar-refractivity contribution is 5.89. The second-order valence-corrected chi connectivity index (χ2v) is 3.85. The van der Waals surface area contributed by atoms with Crippen LogP contribution in [0, 0.1) is 0 Å². The van der Waals surface area contributed by atoms with Gasteiger partial charge < -0.3 is 4.74 Å². The Morgan fingerprint density at radius 1 is 1.31 bits per heavy atom. The Bertz CT molecular complexity index is 396. The van der Waals surface area contributed by atoms with Crippen molar-refractivity contribution in [3.8, 4) is 5.75 Å². The number of hydrogen-bond acceptors (Lipinski definition) is 3. The molecule has 1 atom stereocenters. The summed E-state index contributed by atoms with van der Waals surface area (Å²) in [4.78, 5) is 22.6. The topological polar surface area (TPSA) is 43.4 Å². The van der Waals surface area contributed by atoms with E-state index in [1.807, 2.05) is 18.2 Å². The fraction of sp³-hybridized carbons (Fsp3) is 0.385. The molecular formula is C13H16O3. The number of carbonyl (C=O) groups excluding carboxylic acids is 2.